The van der Waals surface area contributed by atoms with Gasteiger partial charge in [0.2, 0.25) is 5.91 Å². The zero-order valence-electron chi connectivity index (χ0n) is 34.8. The minimum absolute atomic E-state index is 0.00536. The number of phosphoric ester groups is 1. The zero-order valence-corrected chi connectivity index (χ0v) is 35.7. The summed E-state index contributed by atoms with van der Waals surface area (Å²) in [5.41, 5.74) is 0. The number of aliphatic hydroxyl groups is 1. The van der Waals surface area contributed by atoms with E-state index < -0.39 is 26.6 Å². The Bertz CT molecular complexity index is 907. The van der Waals surface area contributed by atoms with Crippen molar-refractivity contribution < 1.29 is 32.9 Å². The van der Waals surface area contributed by atoms with Gasteiger partial charge in [-0.15, -0.1) is 0 Å². The van der Waals surface area contributed by atoms with Crippen molar-refractivity contribution in [1.29, 1.82) is 0 Å². The second-order valence-corrected chi connectivity index (χ2v) is 17.5. The first-order chi connectivity index (χ1) is 25.0. The van der Waals surface area contributed by atoms with E-state index in [1.54, 1.807) is 6.08 Å². The van der Waals surface area contributed by atoms with Gasteiger partial charge < -0.3 is 28.8 Å². The summed E-state index contributed by atoms with van der Waals surface area (Å²) in [5, 5.41) is 13.6. The van der Waals surface area contributed by atoms with Gasteiger partial charge in [-0.05, 0) is 32.1 Å². The summed E-state index contributed by atoms with van der Waals surface area (Å²) in [6.07, 6.45) is 41.5. The molecular weight excluding hydrogens is 671 g/mol. The number of carbonyl (C=O) groups excluding carboxylic acids is 1. The number of nitrogens with zero attached hydrogens (tertiary/aromatic N) is 1. The Hall–Kier alpha value is -1.02. The van der Waals surface area contributed by atoms with Crippen LogP contribution in [-0.4, -0.2) is 68.5 Å². The van der Waals surface area contributed by atoms with Gasteiger partial charge in [0.1, 0.15) is 13.2 Å². The molecule has 0 aromatic carbocycles. The molecule has 308 valence electrons. The monoisotopic (exact) mass is 757 g/mol. The van der Waals surface area contributed by atoms with E-state index in [0.29, 0.717) is 17.4 Å². The quantitative estimate of drug-likeness (QED) is 0.0280. The molecule has 3 atom stereocenters. The van der Waals surface area contributed by atoms with Crippen molar-refractivity contribution in [1.82, 2.24) is 5.32 Å². The van der Waals surface area contributed by atoms with Gasteiger partial charge in [-0.2, -0.15) is 0 Å². The number of rotatable bonds is 39. The van der Waals surface area contributed by atoms with Gasteiger partial charge in [-0.25, -0.2) is 0 Å². The second-order valence-electron chi connectivity index (χ2n) is 16.0. The van der Waals surface area contributed by atoms with Crippen molar-refractivity contribution in [2.24, 2.45) is 0 Å². The molecule has 0 aromatic rings. The van der Waals surface area contributed by atoms with Crippen LogP contribution in [-0.2, 0) is 18.4 Å². The number of unbranched alkanes of at least 4 members (excludes halogenated alkanes) is 24. The van der Waals surface area contributed by atoms with E-state index in [1.807, 2.05) is 27.2 Å². The molecule has 0 spiro atoms. The van der Waals surface area contributed by atoms with Gasteiger partial charge in [0.25, 0.3) is 7.82 Å². The van der Waals surface area contributed by atoms with Crippen LogP contribution in [0.25, 0.3) is 0 Å². The summed E-state index contributed by atoms with van der Waals surface area (Å²) in [6.45, 7) is 4.53. The first kappa shape index (κ1) is 51.0. The van der Waals surface area contributed by atoms with Crippen molar-refractivity contribution >= 4 is 13.7 Å². The Morgan fingerprint density at radius 2 is 1.08 bits per heavy atom. The number of aliphatic hydroxyl groups excluding tert-OH is 1. The topological polar surface area (TPSA) is 108 Å². The van der Waals surface area contributed by atoms with E-state index in [0.717, 1.165) is 51.4 Å². The molecule has 0 aliphatic carbocycles. The van der Waals surface area contributed by atoms with Gasteiger partial charge in [-0.1, -0.05) is 179 Å². The summed E-state index contributed by atoms with van der Waals surface area (Å²) >= 11 is 0. The largest absolute Gasteiger partial charge is 0.756 e. The molecule has 0 rings (SSSR count). The number of nitrogens with one attached hydrogen (secondary N) is 1. The third-order valence-electron chi connectivity index (χ3n) is 9.66. The van der Waals surface area contributed by atoms with Crippen molar-refractivity contribution in [2.75, 3.05) is 40.9 Å². The van der Waals surface area contributed by atoms with Crippen molar-refractivity contribution in [3.05, 3.63) is 24.3 Å². The third kappa shape index (κ3) is 37.3. The number of quaternary nitrogens is 1. The molecule has 0 aliphatic rings. The number of hydrogen-bond donors (Lipinski definition) is 2. The van der Waals surface area contributed by atoms with Crippen LogP contribution in [0.2, 0.25) is 0 Å². The molecule has 0 fully saturated rings. The lowest BCUT2D eigenvalue weighted by atomic mass is 10.0. The summed E-state index contributed by atoms with van der Waals surface area (Å²) < 4.78 is 23.0. The first-order valence-corrected chi connectivity index (χ1v) is 23.2. The van der Waals surface area contributed by atoms with Crippen molar-refractivity contribution in [2.45, 2.75) is 206 Å². The molecule has 0 saturated heterocycles. The van der Waals surface area contributed by atoms with E-state index in [9.17, 15) is 19.4 Å². The number of likely N-dealkylation sites (N-methyl/N-ethyl adjacent to an activating group) is 1. The fourth-order valence-electron chi connectivity index (χ4n) is 6.17. The zero-order chi connectivity index (χ0) is 38.6. The maximum Gasteiger partial charge on any atom is 0.268 e. The van der Waals surface area contributed by atoms with Crippen molar-refractivity contribution in [3.63, 3.8) is 0 Å². The Morgan fingerprint density at radius 3 is 1.56 bits per heavy atom. The fourth-order valence-corrected chi connectivity index (χ4v) is 6.89. The minimum Gasteiger partial charge on any atom is -0.756 e. The number of hydrogen-bond acceptors (Lipinski definition) is 6. The lowest BCUT2D eigenvalue weighted by Gasteiger charge is -2.29. The highest BCUT2D eigenvalue weighted by molar-refractivity contribution is 7.45. The van der Waals surface area contributed by atoms with Gasteiger partial charge in [0, 0.05) is 6.42 Å². The molecule has 3 unspecified atom stereocenters. The second kappa shape index (κ2) is 35.7. The van der Waals surface area contributed by atoms with Crippen LogP contribution in [0.15, 0.2) is 24.3 Å². The van der Waals surface area contributed by atoms with Gasteiger partial charge in [0.15, 0.2) is 0 Å². The van der Waals surface area contributed by atoms with Crippen LogP contribution in [0.1, 0.15) is 194 Å². The highest BCUT2D eigenvalue weighted by Crippen LogP contribution is 2.38. The predicted molar refractivity (Wildman–Crippen MR) is 219 cm³/mol. The normalized spacial score (nSPS) is 14.7. The molecule has 0 aromatic heterocycles. The van der Waals surface area contributed by atoms with E-state index in [2.05, 4.69) is 31.3 Å². The molecule has 0 aliphatic heterocycles. The fraction of sp³-hybridized carbons (Fsp3) is 0.884. The Balaban J connectivity index is 4.13. The predicted octanol–water partition coefficient (Wildman–Crippen LogP) is 11.1. The van der Waals surface area contributed by atoms with Gasteiger partial charge in [0.05, 0.1) is 39.9 Å². The summed E-state index contributed by atoms with van der Waals surface area (Å²) in [5.74, 6) is -0.220. The molecule has 9 heteroatoms. The molecule has 2 N–H and O–H groups in total. The van der Waals surface area contributed by atoms with Crippen LogP contribution >= 0.6 is 7.82 Å². The number of allylic oxidation sites excluding steroid dienone is 3. The average Bonchev–Trinajstić information content (AvgIpc) is 3.09. The van der Waals surface area contributed by atoms with Crippen LogP contribution in [0, 0.1) is 0 Å². The highest BCUT2D eigenvalue weighted by Gasteiger charge is 2.23. The Morgan fingerprint density at radius 1 is 0.654 bits per heavy atom. The lowest BCUT2D eigenvalue weighted by molar-refractivity contribution is -0.870. The molecular formula is C43H85N2O6P. The maximum atomic E-state index is 12.6. The van der Waals surface area contributed by atoms with Crippen LogP contribution < -0.4 is 10.2 Å². The van der Waals surface area contributed by atoms with Crippen LogP contribution in [0.5, 0.6) is 0 Å². The lowest BCUT2D eigenvalue weighted by Crippen LogP contribution is -2.45. The summed E-state index contributed by atoms with van der Waals surface area (Å²) in [4.78, 5) is 24.9. The van der Waals surface area contributed by atoms with Gasteiger partial charge >= 0.3 is 0 Å². The third-order valence-corrected chi connectivity index (χ3v) is 10.6. The SMILES string of the molecule is CCCCCCCCCCCCCCCCCCCCC/C=C/CC/C=C/C(O)C(COP(=O)([O-])OCC[N+](C)(C)C)NC(=O)CCCCCCC. The minimum atomic E-state index is -4.58. The highest BCUT2D eigenvalue weighted by atomic mass is 31.2. The number of amides is 1. The molecule has 0 radical (unpaired) electrons. The smallest absolute Gasteiger partial charge is 0.268 e. The summed E-state index contributed by atoms with van der Waals surface area (Å²) in [6, 6.07) is -0.895. The molecule has 52 heavy (non-hydrogen) atoms. The molecule has 8 nitrogen and oxygen atoms in total. The average molecular weight is 757 g/mol. The van der Waals surface area contributed by atoms with Crippen LogP contribution in [0.4, 0.5) is 0 Å². The van der Waals surface area contributed by atoms with E-state index in [4.69, 9.17) is 9.05 Å². The molecule has 0 bridgehead atoms. The number of phosphoric acid groups is 1. The van der Waals surface area contributed by atoms with E-state index in [1.165, 1.54) is 122 Å². The van der Waals surface area contributed by atoms with Crippen molar-refractivity contribution in [3.8, 4) is 0 Å². The Labute approximate surface area is 322 Å². The van der Waals surface area contributed by atoms with Gasteiger partial charge in [-0.3, -0.25) is 9.36 Å². The number of carbonyl (C=O) groups is 1. The summed E-state index contributed by atoms with van der Waals surface area (Å²) in [7, 11) is 1.24. The maximum absolute atomic E-state index is 12.6. The van der Waals surface area contributed by atoms with Crippen LogP contribution in [0.3, 0.4) is 0 Å². The Kier molecular flexibility index (Phi) is 35.0. The van der Waals surface area contributed by atoms with E-state index in [-0.39, 0.29) is 12.5 Å². The first-order valence-electron chi connectivity index (χ1n) is 21.7. The van der Waals surface area contributed by atoms with E-state index >= 15 is 0 Å². The molecule has 1 amide bonds. The molecule has 0 heterocycles. The molecule has 0 saturated carbocycles. The standard InChI is InChI=1S/C43H85N2O6P/c1-6-8-10-12-13-14-15-16-17-18-19-20-21-22-23-24-25-26-27-28-29-30-31-33-34-36-42(46)41(44-43(47)37-35-32-11-9-7-2)40-51-52(48,49)50-39-38-45(3,4)5/h29-30,34,36,41-42,46H,6-28,31-33,35,37-40H2,1-5H3,(H-,44,47,48,49)/b30-29+,36-34+.